The largest absolute Gasteiger partial charge is 1.00 e. The van der Waals surface area contributed by atoms with E-state index in [1.807, 2.05) is 60.0 Å². The number of fused-ring (bicyclic) bond motifs is 1. The van der Waals surface area contributed by atoms with Crippen molar-refractivity contribution >= 4 is 23.0 Å². The topological polar surface area (TPSA) is 137 Å². The molecule has 0 aliphatic heterocycles. The number of benzene rings is 3. The normalized spacial score (nSPS) is 11.2. The Balaban J connectivity index is 0.00000423. The first kappa shape index (κ1) is 32.4. The molecule has 11 nitrogen and oxygen atoms in total. The zero-order valence-electron chi connectivity index (χ0n) is 24.6. The smallest absolute Gasteiger partial charge is 0.465 e. The summed E-state index contributed by atoms with van der Waals surface area (Å²) in [6.45, 7) is 7.23. The number of carbonyl (C=O) groups is 2. The molecule has 12 heteroatoms. The van der Waals surface area contributed by atoms with E-state index in [1.165, 1.54) is 0 Å². The molecule has 5 rings (SSSR count). The number of nitrogens with zero attached hydrogens (tertiary/aromatic N) is 4. The van der Waals surface area contributed by atoms with E-state index in [0.717, 1.165) is 16.7 Å². The summed E-state index contributed by atoms with van der Waals surface area (Å²) in [6, 6.07) is 20.8. The Kier molecular flexibility index (Phi) is 10.4. The summed E-state index contributed by atoms with van der Waals surface area (Å²) in [7, 11) is 0. The average Bonchev–Trinajstić information content (AvgIpc) is 3.56. The van der Waals surface area contributed by atoms with Gasteiger partial charge in [0.1, 0.15) is 0 Å². The fourth-order valence-electron chi connectivity index (χ4n) is 4.37. The summed E-state index contributed by atoms with van der Waals surface area (Å²) in [6.07, 6.45) is 0. The molecule has 0 fully saturated rings. The molecule has 0 atom stereocenters. The number of aromatic nitrogens is 4. The number of imidazole rings is 1. The summed E-state index contributed by atoms with van der Waals surface area (Å²) in [5.74, 6) is -1.66. The summed E-state index contributed by atoms with van der Waals surface area (Å²) >= 11 is 0. The fraction of sp³-hybridized carbons (Fsp3) is 0.258. The Morgan fingerprint density at radius 2 is 1.67 bits per heavy atom. The Morgan fingerprint density at radius 1 is 0.953 bits per heavy atom. The summed E-state index contributed by atoms with van der Waals surface area (Å²) in [5.41, 5.74) is 3.96. The molecular formula is C31H29KN4O7. The number of carbonyl (C=O) groups excluding carboxylic acids is 2. The van der Waals surface area contributed by atoms with E-state index in [-0.39, 0.29) is 62.8 Å². The molecule has 2 heterocycles. The van der Waals surface area contributed by atoms with Crippen LogP contribution in [0.1, 0.15) is 43.6 Å². The van der Waals surface area contributed by atoms with E-state index < -0.39 is 29.9 Å². The van der Waals surface area contributed by atoms with Crippen molar-refractivity contribution in [1.82, 2.24) is 19.7 Å². The van der Waals surface area contributed by atoms with Gasteiger partial charge in [0.2, 0.25) is 6.79 Å². The molecule has 0 bridgehead atoms. The fourth-order valence-corrected chi connectivity index (χ4v) is 4.37. The third-order valence-electron chi connectivity index (χ3n) is 6.40. The van der Waals surface area contributed by atoms with Crippen molar-refractivity contribution in [2.75, 3.05) is 13.4 Å². The summed E-state index contributed by atoms with van der Waals surface area (Å²) < 4.78 is 22.7. The molecule has 0 N–H and O–H groups in total. The maximum absolute atomic E-state index is 13.1. The SMILES string of the molecule is CCOc1nc2cccc(C(=O)OCOC(=O)C(C)(C)C)c2n1Cc1ccc(-c2ccccc2-c2noc(=O)[n-]2)cc1.[K+]. The zero-order chi connectivity index (χ0) is 29.9. The van der Waals surface area contributed by atoms with Gasteiger partial charge in [0, 0.05) is 0 Å². The van der Waals surface area contributed by atoms with Gasteiger partial charge in [-0.25, -0.2) is 9.59 Å². The van der Waals surface area contributed by atoms with Gasteiger partial charge >= 0.3 is 69.1 Å². The van der Waals surface area contributed by atoms with Gasteiger partial charge in [-0.05, 0) is 67.9 Å². The monoisotopic (exact) mass is 608 g/mol. The van der Waals surface area contributed by atoms with Gasteiger partial charge in [-0.3, -0.25) is 14.5 Å². The van der Waals surface area contributed by atoms with E-state index in [9.17, 15) is 14.4 Å². The molecule has 216 valence electrons. The predicted molar refractivity (Wildman–Crippen MR) is 153 cm³/mol. The van der Waals surface area contributed by atoms with E-state index in [4.69, 9.17) is 14.2 Å². The van der Waals surface area contributed by atoms with Crippen molar-refractivity contribution in [2.24, 2.45) is 5.41 Å². The molecule has 43 heavy (non-hydrogen) atoms. The standard InChI is InChI=1S/C31H30N4O7.K/c1-5-39-29-32-24-12-8-11-23(27(36)40-18-41-28(37)31(2,3)4)25(24)35(29)17-19-13-15-20(16-14-19)21-9-6-7-10-22(21)26-33-30(38)42-34-26;/h6-16H,5,17-18H2,1-4H3,(H,33,34,38);/q;+1/p-1. The third-order valence-corrected chi connectivity index (χ3v) is 6.40. The third kappa shape index (κ3) is 7.33. The van der Waals surface area contributed by atoms with Gasteiger partial charge in [0.15, 0.2) is 0 Å². The van der Waals surface area contributed by atoms with Crippen LogP contribution in [0.5, 0.6) is 6.01 Å². The van der Waals surface area contributed by atoms with Crippen molar-refractivity contribution in [3.63, 3.8) is 0 Å². The number of esters is 2. The van der Waals surface area contributed by atoms with Gasteiger partial charge in [-0.2, -0.15) is 4.98 Å². The first-order chi connectivity index (χ1) is 20.2. The molecule has 3 aromatic carbocycles. The van der Waals surface area contributed by atoms with Crippen LogP contribution >= 0.6 is 0 Å². The Labute approximate surface area is 290 Å². The summed E-state index contributed by atoms with van der Waals surface area (Å²) in [5, 5.41) is 3.77. The summed E-state index contributed by atoms with van der Waals surface area (Å²) in [4.78, 5) is 45.0. The van der Waals surface area contributed by atoms with Crippen LogP contribution in [0.15, 0.2) is 76.0 Å². The van der Waals surface area contributed by atoms with Gasteiger partial charge in [-0.15, -0.1) is 0 Å². The number of rotatable bonds is 9. The van der Waals surface area contributed by atoms with Crippen molar-refractivity contribution in [3.8, 4) is 28.5 Å². The van der Waals surface area contributed by atoms with Crippen LogP contribution in [-0.4, -0.2) is 40.0 Å². The number of hydrogen-bond donors (Lipinski definition) is 0. The van der Waals surface area contributed by atoms with Crippen LogP contribution in [0.4, 0.5) is 0 Å². The van der Waals surface area contributed by atoms with Gasteiger partial charge < -0.3 is 23.7 Å². The molecule has 0 aliphatic carbocycles. The molecule has 0 saturated carbocycles. The van der Waals surface area contributed by atoms with Crippen molar-refractivity contribution in [1.29, 1.82) is 0 Å². The number of ether oxygens (including phenoxy) is 3. The van der Waals surface area contributed by atoms with Crippen LogP contribution in [0.2, 0.25) is 0 Å². The van der Waals surface area contributed by atoms with E-state index >= 15 is 0 Å². The Bertz CT molecular complexity index is 1800. The van der Waals surface area contributed by atoms with Gasteiger partial charge in [0.25, 0.3) is 6.01 Å². The molecule has 0 amide bonds. The molecule has 0 radical (unpaired) electrons. The van der Waals surface area contributed by atoms with E-state index in [0.29, 0.717) is 35.8 Å². The second-order valence-electron chi connectivity index (χ2n) is 10.4. The first-order valence-electron chi connectivity index (χ1n) is 13.3. The minimum absolute atomic E-state index is 0. The van der Waals surface area contributed by atoms with Crippen LogP contribution in [0.25, 0.3) is 33.5 Å². The minimum atomic E-state index is -0.748. The molecule has 5 aromatic rings. The predicted octanol–water partition coefficient (Wildman–Crippen LogP) is 1.83. The molecular weight excluding hydrogens is 579 g/mol. The first-order valence-corrected chi connectivity index (χ1v) is 13.3. The maximum Gasteiger partial charge on any atom is 1.00 e. The number of hydrogen-bond acceptors (Lipinski definition) is 9. The molecule has 0 unspecified atom stereocenters. The van der Waals surface area contributed by atoms with Gasteiger partial charge in [0.05, 0.1) is 35.2 Å². The Morgan fingerprint density at radius 3 is 2.33 bits per heavy atom. The van der Waals surface area contributed by atoms with Crippen LogP contribution in [0, 0.1) is 5.41 Å². The van der Waals surface area contributed by atoms with Crippen molar-refractivity contribution < 1.29 is 79.7 Å². The zero-order valence-corrected chi connectivity index (χ0v) is 27.7. The number of para-hydroxylation sites is 1. The van der Waals surface area contributed by atoms with Crippen LogP contribution < -0.4 is 66.9 Å². The maximum atomic E-state index is 13.1. The van der Waals surface area contributed by atoms with Crippen LogP contribution in [0.3, 0.4) is 0 Å². The second kappa shape index (κ2) is 13.8. The quantitative estimate of drug-likeness (QED) is 0.138. The second-order valence-corrected chi connectivity index (χ2v) is 10.4. The van der Waals surface area contributed by atoms with Gasteiger partial charge in [-0.1, -0.05) is 54.6 Å². The van der Waals surface area contributed by atoms with Crippen LogP contribution in [-0.2, 0) is 20.8 Å². The molecule has 0 saturated heterocycles. The van der Waals surface area contributed by atoms with E-state index in [2.05, 4.69) is 19.6 Å². The van der Waals surface area contributed by atoms with Crippen molar-refractivity contribution in [2.45, 2.75) is 34.2 Å². The minimum Gasteiger partial charge on any atom is -0.465 e. The molecule has 0 aliphatic rings. The van der Waals surface area contributed by atoms with Crippen molar-refractivity contribution in [3.05, 3.63) is 88.4 Å². The molecule has 2 aromatic heterocycles. The van der Waals surface area contributed by atoms with E-state index in [1.54, 1.807) is 39.0 Å². The molecule has 0 spiro atoms. The Hall–Kier alpha value is -3.55. The average molecular weight is 609 g/mol.